The number of rotatable bonds is 2. The normalized spacial score (nSPS) is 11.1. The third-order valence-corrected chi connectivity index (χ3v) is 3.24. The third-order valence-electron chi connectivity index (χ3n) is 2.63. The molecule has 0 fully saturated rings. The van der Waals surface area contributed by atoms with Gasteiger partial charge >= 0.3 is 0 Å². The zero-order valence-electron chi connectivity index (χ0n) is 9.48. The molecule has 7 heteroatoms. The van der Waals surface area contributed by atoms with Gasteiger partial charge in [-0.2, -0.15) is 0 Å². The van der Waals surface area contributed by atoms with Crippen LogP contribution in [-0.4, -0.2) is 15.1 Å². The van der Waals surface area contributed by atoms with Gasteiger partial charge in [0.15, 0.2) is 0 Å². The lowest BCUT2D eigenvalue weighted by Crippen LogP contribution is -2.12. The summed E-state index contributed by atoms with van der Waals surface area (Å²) in [6.45, 7) is 0. The summed E-state index contributed by atoms with van der Waals surface area (Å²) in [6, 6.07) is 4.31. The molecule has 3 aromatic rings. The Morgan fingerprint density at radius 2 is 2.26 bits per heavy atom. The number of hydrogen-bond donors (Lipinski definition) is 1. The first-order valence-corrected chi connectivity index (χ1v) is 6.20. The average molecular weight is 324 g/mol. The molecule has 0 bridgehead atoms. The van der Waals surface area contributed by atoms with Gasteiger partial charge in [-0.1, -0.05) is 5.16 Å². The molecule has 0 radical (unpaired) electrons. The largest absolute Gasteiger partial charge is 0.361 e. The lowest BCUT2D eigenvalue weighted by atomic mass is 10.2. The van der Waals surface area contributed by atoms with Crippen LogP contribution in [0.15, 0.2) is 38.2 Å². The molecule has 0 aliphatic carbocycles. The van der Waals surface area contributed by atoms with Crippen LogP contribution < -0.4 is 5.56 Å². The fourth-order valence-electron chi connectivity index (χ4n) is 1.76. The third kappa shape index (κ3) is 2.28. The molecule has 0 saturated carbocycles. The summed E-state index contributed by atoms with van der Waals surface area (Å²) in [5.74, 6) is 0.507. The molecule has 19 heavy (non-hydrogen) atoms. The van der Waals surface area contributed by atoms with Crippen LogP contribution in [0, 0.1) is 5.82 Å². The number of aromatic amines is 1. The van der Waals surface area contributed by atoms with Gasteiger partial charge in [0.25, 0.3) is 5.56 Å². The van der Waals surface area contributed by atoms with Crippen molar-refractivity contribution in [2.45, 2.75) is 6.42 Å². The van der Waals surface area contributed by atoms with E-state index >= 15 is 0 Å². The van der Waals surface area contributed by atoms with Crippen molar-refractivity contribution >= 4 is 26.8 Å². The van der Waals surface area contributed by atoms with Gasteiger partial charge in [-0.15, -0.1) is 0 Å². The summed E-state index contributed by atoms with van der Waals surface area (Å²) in [7, 11) is 0. The van der Waals surface area contributed by atoms with Gasteiger partial charge in [-0.3, -0.25) is 4.79 Å². The molecule has 2 heterocycles. The quantitative estimate of drug-likeness (QED) is 0.786. The molecule has 0 saturated heterocycles. The van der Waals surface area contributed by atoms with Gasteiger partial charge in [0, 0.05) is 12.1 Å². The predicted octanol–water partition coefficient (Wildman–Crippen LogP) is 2.40. The van der Waals surface area contributed by atoms with Crippen molar-refractivity contribution in [3.63, 3.8) is 0 Å². The number of benzene rings is 1. The lowest BCUT2D eigenvalue weighted by Gasteiger charge is -2.02. The topological polar surface area (TPSA) is 71.8 Å². The molecule has 0 amide bonds. The first-order valence-electron chi connectivity index (χ1n) is 5.41. The second kappa shape index (κ2) is 4.58. The fourth-order valence-corrected chi connectivity index (χ4v) is 2.11. The molecule has 0 spiro atoms. The predicted molar refractivity (Wildman–Crippen MR) is 69.3 cm³/mol. The van der Waals surface area contributed by atoms with Crippen LogP contribution >= 0.6 is 15.9 Å². The Balaban J connectivity index is 2.13. The van der Waals surface area contributed by atoms with E-state index in [4.69, 9.17) is 4.52 Å². The molecule has 5 nitrogen and oxygen atoms in total. The Hall–Kier alpha value is -2.02. The van der Waals surface area contributed by atoms with Crippen molar-refractivity contribution in [2.75, 3.05) is 0 Å². The molecule has 0 aliphatic rings. The number of halogens is 2. The maximum atomic E-state index is 13.5. The van der Waals surface area contributed by atoms with Crippen LogP contribution in [0.1, 0.15) is 11.6 Å². The second-order valence-electron chi connectivity index (χ2n) is 3.95. The highest BCUT2D eigenvalue weighted by molar-refractivity contribution is 9.10. The SMILES string of the molecule is O=c1[nH]c(Cc2ccno2)nc2cc(F)c(Br)cc12. The summed E-state index contributed by atoms with van der Waals surface area (Å²) >= 11 is 3.04. The smallest absolute Gasteiger partial charge is 0.258 e. The molecular formula is C12H7BrFN3O2. The van der Waals surface area contributed by atoms with Crippen LogP contribution in [0.25, 0.3) is 10.9 Å². The van der Waals surface area contributed by atoms with E-state index in [0.29, 0.717) is 28.9 Å². The number of nitrogens with one attached hydrogen (secondary N) is 1. The molecule has 0 atom stereocenters. The van der Waals surface area contributed by atoms with Gasteiger partial charge < -0.3 is 9.51 Å². The van der Waals surface area contributed by atoms with Crippen molar-refractivity contribution in [3.05, 3.63) is 56.6 Å². The number of fused-ring (bicyclic) bond motifs is 1. The molecule has 1 aromatic carbocycles. The van der Waals surface area contributed by atoms with E-state index in [0.717, 1.165) is 0 Å². The fraction of sp³-hybridized carbons (Fsp3) is 0.0833. The molecule has 96 valence electrons. The van der Waals surface area contributed by atoms with Crippen molar-refractivity contribution < 1.29 is 8.91 Å². The van der Waals surface area contributed by atoms with Crippen LogP contribution in [-0.2, 0) is 6.42 Å². The van der Waals surface area contributed by atoms with Gasteiger partial charge in [-0.05, 0) is 22.0 Å². The Labute approximate surface area is 114 Å². The first kappa shape index (κ1) is 12.0. The van der Waals surface area contributed by atoms with E-state index in [1.807, 2.05) is 0 Å². The van der Waals surface area contributed by atoms with E-state index in [9.17, 15) is 9.18 Å². The number of aromatic nitrogens is 3. The molecule has 2 aromatic heterocycles. The molecular weight excluding hydrogens is 317 g/mol. The summed E-state index contributed by atoms with van der Waals surface area (Å²) in [6.07, 6.45) is 1.80. The number of nitrogens with zero attached hydrogens (tertiary/aromatic N) is 2. The van der Waals surface area contributed by atoms with Gasteiger partial charge in [0.1, 0.15) is 17.4 Å². The van der Waals surface area contributed by atoms with E-state index in [2.05, 4.69) is 31.1 Å². The minimum Gasteiger partial charge on any atom is -0.361 e. The van der Waals surface area contributed by atoms with Crippen LogP contribution in [0.5, 0.6) is 0 Å². The highest BCUT2D eigenvalue weighted by atomic mass is 79.9. The Morgan fingerprint density at radius 1 is 1.42 bits per heavy atom. The Morgan fingerprint density at radius 3 is 3.00 bits per heavy atom. The maximum Gasteiger partial charge on any atom is 0.258 e. The first-order chi connectivity index (χ1) is 9.13. The van der Waals surface area contributed by atoms with Gasteiger partial charge in [-0.25, -0.2) is 9.37 Å². The van der Waals surface area contributed by atoms with Crippen molar-refractivity contribution in [3.8, 4) is 0 Å². The maximum absolute atomic E-state index is 13.5. The highest BCUT2D eigenvalue weighted by Crippen LogP contribution is 2.20. The van der Waals surface area contributed by atoms with Gasteiger partial charge in [0.05, 0.1) is 28.0 Å². The zero-order chi connectivity index (χ0) is 13.4. The molecule has 0 unspecified atom stereocenters. The van der Waals surface area contributed by atoms with Crippen LogP contribution in [0.4, 0.5) is 4.39 Å². The lowest BCUT2D eigenvalue weighted by molar-refractivity contribution is 0.388. The van der Waals surface area contributed by atoms with E-state index in [1.165, 1.54) is 18.3 Å². The average Bonchev–Trinajstić information content (AvgIpc) is 2.85. The number of hydrogen-bond acceptors (Lipinski definition) is 4. The zero-order valence-corrected chi connectivity index (χ0v) is 11.1. The summed E-state index contributed by atoms with van der Waals surface area (Å²) in [5, 5.41) is 3.90. The van der Waals surface area contributed by atoms with Crippen molar-refractivity contribution in [1.29, 1.82) is 0 Å². The van der Waals surface area contributed by atoms with E-state index in [-0.39, 0.29) is 10.0 Å². The summed E-state index contributed by atoms with van der Waals surface area (Å²) < 4.78 is 18.6. The van der Waals surface area contributed by atoms with Crippen molar-refractivity contribution in [1.82, 2.24) is 15.1 Å². The molecule has 0 aliphatic heterocycles. The second-order valence-corrected chi connectivity index (χ2v) is 4.81. The minimum absolute atomic E-state index is 0.232. The van der Waals surface area contributed by atoms with E-state index < -0.39 is 5.82 Å². The van der Waals surface area contributed by atoms with Crippen LogP contribution in [0.2, 0.25) is 0 Å². The highest BCUT2D eigenvalue weighted by Gasteiger charge is 2.09. The minimum atomic E-state index is -0.462. The number of H-pyrrole nitrogens is 1. The standard InChI is InChI=1S/C12H7BrFN3O2/c13-8-4-7-10(5-9(8)14)16-11(17-12(7)18)3-6-1-2-15-19-6/h1-2,4-5H,3H2,(H,16,17,18). The monoisotopic (exact) mass is 323 g/mol. The Kier molecular flexibility index (Phi) is 2.90. The molecule has 3 rings (SSSR count). The van der Waals surface area contributed by atoms with E-state index in [1.54, 1.807) is 6.07 Å². The summed E-state index contributed by atoms with van der Waals surface area (Å²) in [5.41, 5.74) is -0.0146. The van der Waals surface area contributed by atoms with Gasteiger partial charge in [0.2, 0.25) is 0 Å². The summed E-state index contributed by atoms with van der Waals surface area (Å²) in [4.78, 5) is 18.8. The van der Waals surface area contributed by atoms with Crippen molar-refractivity contribution in [2.24, 2.45) is 0 Å². The Bertz CT molecular complexity index is 799. The van der Waals surface area contributed by atoms with Crippen LogP contribution in [0.3, 0.4) is 0 Å². The molecule has 1 N–H and O–H groups in total.